The van der Waals surface area contributed by atoms with Crippen LogP contribution in [0.3, 0.4) is 0 Å². The summed E-state index contributed by atoms with van der Waals surface area (Å²) in [6.45, 7) is 11.8. The average molecular weight is 939 g/mol. The van der Waals surface area contributed by atoms with Crippen LogP contribution in [0, 0.1) is 13.8 Å². The van der Waals surface area contributed by atoms with E-state index in [1.807, 2.05) is 0 Å². The summed E-state index contributed by atoms with van der Waals surface area (Å²) < 4.78 is 0. The molecule has 0 amide bonds. The smallest absolute Gasteiger partial charge is 0.0162 e. The van der Waals surface area contributed by atoms with Gasteiger partial charge in [0.25, 0.3) is 0 Å². The maximum atomic E-state index is 2.49. The molecule has 73 heavy (non-hydrogen) atoms. The first-order valence-corrected chi connectivity index (χ1v) is 26.9. The van der Waals surface area contributed by atoms with Crippen LogP contribution in [0.2, 0.25) is 0 Å². The van der Waals surface area contributed by atoms with E-state index in [1.54, 1.807) is 0 Å². The van der Waals surface area contributed by atoms with Gasteiger partial charge in [0.2, 0.25) is 0 Å². The molecule has 0 saturated heterocycles. The van der Waals surface area contributed by atoms with Crippen LogP contribution in [0.1, 0.15) is 114 Å². The first-order valence-electron chi connectivity index (χ1n) is 26.9. The van der Waals surface area contributed by atoms with E-state index in [0.717, 1.165) is 0 Å². The van der Waals surface area contributed by atoms with Gasteiger partial charge in [0, 0.05) is 5.92 Å². The molecule has 0 N–H and O–H groups in total. The van der Waals surface area contributed by atoms with E-state index in [4.69, 9.17) is 0 Å². The molecule has 0 bridgehead atoms. The molecule has 0 spiro atoms. The number of hydrogen-bond donors (Lipinski definition) is 0. The first-order chi connectivity index (χ1) is 35.8. The molecule has 0 aromatic heterocycles. The molecule has 0 heteroatoms. The summed E-state index contributed by atoms with van der Waals surface area (Å²) in [6.07, 6.45) is 3.86. The average Bonchev–Trinajstić information content (AvgIpc) is 3.42. The Morgan fingerprint density at radius 3 is 1.53 bits per heavy atom. The Bertz CT molecular complexity index is 3880. The van der Waals surface area contributed by atoms with Gasteiger partial charge in [0.1, 0.15) is 0 Å². The standard InChI is InChI=1S/C73H62/c1-45-18-6-8-22-56(45)67-31-17-30-60(73(67)51-20-16-21-51)50-32-34-52(35-33-50)72-49(5)59-40-38-55(44-70(59)65-28-14-15-29-68(65)72)54-37-39-58(69(43-54)57-23-9-7-19-46(57)2)48(4)47(3)53-36-41-66-63-26-11-10-24-61(63)62-25-12-13-27-64(62)71(66)42-53/h6-15,17-19,22-44,47-49,51,72H,16,20-21H2,1-5H3. The van der Waals surface area contributed by atoms with E-state index in [-0.39, 0.29) is 17.8 Å². The predicted octanol–water partition coefficient (Wildman–Crippen LogP) is 20.5. The van der Waals surface area contributed by atoms with Gasteiger partial charge in [-0.1, -0.05) is 233 Å². The van der Waals surface area contributed by atoms with E-state index in [0.29, 0.717) is 11.8 Å². The number of hydrogen-bond acceptors (Lipinski definition) is 0. The lowest BCUT2D eigenvalue weighted by Crippen LogP contribution is -2.17. The molecule has 354 valence electrons. The Balaban J connectivity index is 0.844. The first kappa shape index (κ1) is 45.1. The maximum absolute atomic E-state index is 2.49. The van der Waals surface area contributed by atoms with Crippen molar-refractivity contribution < 1.29 is 0 Å². The molecule has 13 rings (SSSR count). The second-order valence-corrected chi connectivity index (χ2v) is 21.6. The van der Waals surface area contributed by atoms with Crippen LogP contribution in [0.4, 0.5) is 0 Å². The minimum atomic E-state index is 0.254. The third-order valence-corrected chi connectivity index (χ3v) is 17.6. The van der Waals surface area contributed by atoms with Gasteiger partial charge in [0.05, 0.1) is 0 Å². The molecule has 0 heterocycles. The van der Waals surface area contributed by atoms with Gasteiger partial charge >= 0.3 is 0 Å². The van der Waals surface area contributed by atoms with Crippen molar-refractivity contribution in [1.82, 2.24) is 0 Å². The number of fused-ring (bicyclic) bond motifs is 9. The highest BCUT2D eigenvalue weighted by Gasteiger charge is 2.33. The maximum Gasteiger partial charge on any atom is 0.0162 e. The Kier molecular flexibility index (Phi) is 11.3. The lowest BCUT2D eigenvalue weighted by Gasteiger charge is -2.34. The summed E-state index contributed by atoms with van der Waals surface area (Å²) in [6, 6.07) is 83.4. The predicted molar refractivity (Wildman–Crippen MR) is 312 cm³/mol. The van der Waals surface area contributed by atoms with Crippen molar-refractivity contribution in [3.8, 4) is 55.6 Å². The Hall–Kier alpha value is -7.80. The van der Waals surface area contributed by atoms with Crippen molar-refractivity contribution in [2.24, 2.45) is 0 Å². The zero-order valence-corrected chi connectivity index (χ0v) is 42.8. The van der Waals surface area contributed by atoms with Gasteiger partial charge < -0.3 is 0 Å². The van der Waals surface area contributed by atoms with Crippen LogP contribution < -0.4 is 0 Å². The molecule has 4 unspecified atom stereocenters. The fraction of sp³-hybridized carbons (Fsp3) is 0.178. The van der Waals surface area contributed by atoms with Gasteiger partial charge in [-0.05, 0) is 195 Å². The van der Waals surface area contributed by atoms with Crippen molar-refractivity contribution >= 4 is 32.3 Å². The monoisotopic (exact) mass is 938 g/mol. The van der Waals surface area contributed by atoms with E-state index < -0.39 is 0 Å². The summed E-state index contributed by atoms with van der Waals surface area (Å²) in [5.74, 6) is 1.72. The van der Waals surface area contributed by atoms with Crippen LogP contribution in [0.15, 0.2) is 218 Å². The molecule has 1 fully saturated rings. The minimum Gasteiger partial charge on any atom is -0.0620 e. The number of rotatable bonds is 9. The van der Waals surface area contributed by atoms with E-state index in [2.05, 4.69) is 253 Å². The summed E-state index contributed by atoms with van der Waals surface area (Å²) >= 11 is 0. The number of benzene rings is 11. The highest BCUT2D eigenvalue weighted by atomic mass is 14.4. The Morgan fingerprint density at radius 2 is 0.890 bits per heavy atom. The van der Waals surface area contributed by atoms with Crippen LogP contribution in [-0.2, 0) is 0 Å². The lowest BCUT2D eigenvalue weighted by atomic mass is 9.69. The van der Waals surface area contributed by atoms with E-state index in [1.165, 1.54) is 152 Å². The highest BCUT2D eigenvalue weighted by molar-refractivity contribution is 6.25. The summed E-state index contributed by atoms with van der Waals surface area (Å²) in [7, 11) is 0. The van der Waals surface area contributed by atoms with Crippen LogP contribution >= 0.6 is 0 Å². The topological polar surface area (TPSA) is 0 Å². The van der Waals surface area contributed by atoms with Gasteiger partial charge in [-0.2, -0.15) is 0 Å². The molecule has 1 saturated carbocycles. The van der Waals surface area contributed by atoms with Crippen LogP contribution in [0.5, 0.6) is 0 Å². The van der Waals surface area contributed by atoms with E-state index >= 15 is 0 Å². The summed E-state index contributed by atoms with van der Waals surface area (Å²) in [5, 5.41) is 7.94. The third kappa shape index (κ3) is 7.65. The molecule has 2 aliphatic rings. The highest BCUT2D eigenvalue weighted by Crippen LogP contribution is 2.52. The largest absolute Gasteiger partial charge is 0.0620 e. The zero-order valence-electron chi connectivity index (χ0n) is 42.8. The van der Waals surface area contributed by atoms with Crippen LogP contribution in [0.25, 0.3) is 88.0 Å². The van der Waals surface area contributed by atoms with E-state index in [9.17, 15) is 0 Å². The molecule has 11 aromatic carbocycles. The number of aryl methyl sites for hydroxylation is 2. The second kappa shape index (κ2) is 18.4. The van der Waals surface area contributed by atoms with Crippen LogP contribution in [-0.4, -0.2) is 0 Å². The third-order valence-electron chi connectivity index (χ3n) is 17.6. The molecule has 2 aliphatic carbocycles. The SMILES string of the molecule is Cc1ccccc1-c1cc(-c2ccc3c(c2)-c2ccccc2C(c2ccc(-c4cccc(-c5ccccc5C)c4C4CCC4)cc2)C3C)ccc1C(C)C(C)c1ccc2c3ccccc3c3ccccc3c2c1. The fourth-order valence-corrected chi connectivity index (χ4v) is 13.2. The molecule has 4 atom stereocenters. The van der Waals surface area contributed by atoms with Crippen molar-refractivity contribution in [2.45, 2.75) is 83.5 Å². The quantitative estimate of drug-likeness (QED) is 0.127. The van der Waals surface area contributed by atoms with Crippen molar-refractivity contribution in [3.05, 3.63) is 263 Å². The van der Waals surface area contributed by atoms with Crippen molar-refractivity contribution in [2.75, 3.05) is 0 Å². The van der Waals surface area contributed by atoms with Gasteiger partial charge in [0.15, 0.2) is 0 Å². The zero-order chi connectivity index (χ0) is 49.3. The lowest BCUT2D eigenvalue weighted by molar-refractivity contribution is 0.421. The molecule has 0 nitrogen and oxygen atoms in total. The normalized spacial score (nSPS) is 16.2. The molecular weight excluding hydrogens is 877 g/mol. The van der Waals surface area contributed by atoms with Gasteiger partial charge in [-0.3, -0.25) is 0 Å². The molecular formula is C73H62. The molecule has 0 aliphatic heterocycles. The fourth-order valence-electron chi connectivity index (χ4n) is 13.2. The Labute approximate surface area is 432 Å². The minimum absolute atomic E-state index is 0.254. The molecule has 11 aromatic rings. The second-order valence-electron chi connectivity index (χ2n) is 21.6. The molecule has 0 radical (unpaired) electrons. The van der Waals surface area contributed by atoms with Gasteiger partial charge in [-0.25, -0.2) is 0 Å². The van der Waals surface area contributed by atoms with Crippen molar-refractivity contribution in [1.29, 1.82) is 0 Å². The summed E-state index contributed by atoms with van der Waals surface area (Å²) in [4.78, 5) is 0. The van der Waals surface area contributed by atoms with Crippen molar-refractivity contribution in [3.63, 3.8) is 0 Å². The Morgan fingerprint density at radius 1 is 0.370 bits per heavy atom. The van der Waals surface area contributed by atoms with Gasteiger partial charge in [-0.15, -0.1) is 0 Å². The summed E-state index contributed by atoms with van der Waals surface area (Å²) in [5.41, 5.74) is 24.5.